The quantitative estimate of drug-likeness (QED) is 0.0809. The van der Waals surface area contributed by atoms with E-state index in [1.54, 1.807) is 42.5 Å². The van der Waals surface area contributed by atoms with Gasteiger partial charge in [0.2, 0.25) is 11.8 Å². The van der Waals surface area contributed by atoms with Gasteiger partial charge in [-0.05, 0) is 105 Å². The van der Waals surface area contributed by atoms with Gasteiger partial charge in [-0.15, -0.1) is 0 Å². The van der Waals surface area contributed by atoms with Gasteiger partial charge in [-0.2, -0.15) is 15.2 Å². The van der Waals surface area contributed by atoms with E-state index in [1.807, 2.05) is 118 Å². The summed E-state index contributed by atoms with van der Waals surface area (Å²) in [4.78, 5) is 62.9. The molecule has 4 aliphatic rings. The number of phenols is 1. The van der Waals surface area contributed by atoms with Gasteiger partial charge in [0, 0.05) is 31.3 Å². The van der Waals surface area contributed by atoms with Crippen molar-refractivity contribution in [3.05, 3.63) is 150 Å². The fourth-order valence-electron chi connectivity index (χ4n) is 9.99. The fraction of sp³-hybridized carbons (Fsp3) is 0.265. The molecule has 1 saturated carbocycles. The van der Waals surface area contributed by atoms with Gasteiger partial charge in [-0.1, -0.05) is 71.8 Å². The first-order valence-corrected chi connectivity index (χ1v) is 20.6. The number of allylic oxidation sites excluding steroid dienone is 2. The molecule has 0 aromatic heterocycles. The van der Waals surface area contributed by atoms with E-state index in [-0.39, 0.29) is 42.8 Å². The van der Waals surface area contributed by atoms with Crippen molar-refractivity contribution < 1.29 is 29.0 Å². The monoisotopic (exact) mass is 814 g/mol. The van der Waals surface area contributed by atoms with E-state index in [4.69, 9.17) is 4.74 Å². The Balaban J connectivity index is 1.11. The summed E-state index contributed by atoms with van der Waals surface area (Å²) in [6.45, 7) is 4.06. The summed E-state index contributed by atoms with van der Waals surface area (Å²) in [5.74, 6) is -5.50. The molecular formula is C49H46N6O6. The molecule has 0 bridgehead atoms. The van der Waals surface area contributed by atoms with Gasteiger partial charge in [0.1, 0.15) is 0 Å². The molecular weight excluding hydrogens is 769 g/mol. The first-order valence-electron chi connectivity index (χ1n) is 20.6. The molecule has 61 heavy (non-hydrogen) atoms. The molecule has 2 saturated heterocycles. The number of rotatable bonds is 10. The Kier molecular flexibility index (Phi) is 10.0. The van der Waals surface area contributed by atoms with Crippen molar-refractivity contribution in [3.63, 3.8) is 0 Å². The molecule has 0 radical (unpaired) electrons. The number of aromatic hydroxyl groups is 1. The summed E-state index contributed by atoms with van der Waals surface area (Å²) in [5.41, 5.74) is 7.60. The summed E-state index contributed by atoms with van der Waals surface area (Å²) in [5, 5.41) is 21.9. The first kappa shape index (κ1) is 39.4. The zero-order chi connectivity index (χ0) is 42.6. The van der Waals surface area contributed by atoms with Crippen LogP contribution in [-0.2, 0) is 24.6 Å². The number of para-hydroxylation sites is 1. The van der Waals surface area contributed by atoms with Gasteiger partial charge in [-0.25, -0.2) is 0 Å². The van der Waals surface area contributed by atoms with Gasteiger partial charge in [-0.3, -0.25) is 29.5 Å². The number of azo groups is 1. The maximum Gasteiger partial charge on any atom is 0.260 e. The number of hydrazine groups is 1. The van der Waals surface area contributed by atoms with E-state index in [1.165, 1.54) is 4.90 Å². The SMILES string of the molecule is CCOc1cccc([C@H]2C3=CC[C@@H]4C(=O)N(c5ccc(N=Nc6ccc(N(C)C)cc6)cc5)C(=O)[C@@H]4[C@@H]3C[C@H]3C(=O)N(Nc4ccc(C)cc4)C(=O)[C@@]23c2ccccc2)c1O. The Hall–Kier alpha value is -7.08. The van der Waals surface area contributed by atoms with Crippen LogP contribution < -0.4 is 20.0 Å². The summed E-state index contributed by atoms with van der Waals surface area (Å²) in [6.07, 6.45) is 2.34. The van der Waals surface area contributed by atoms with Crippen molar-refractivity contribution in [2.45, 2.75) is 38.0 Å². The average molecular weight is 815 g/mol. The zero-order valence-electron chi connectivity index (χ0n) is 34.4. The highest BCUT2D eigenvalue weighted by Crippen LogP contribution is 2.65. The molecule has 4 amide bonds. The number of phenolic OH excluding ortho intramolecular Hbond substituents is 1. The van der Waals surface area contributed by atoms with Crippen LogP contribution >= 0.6 is 0 Å². The zero-order valence-corrected chi connectivity index (χ0v) is 34.4. The van der Waals surface area contributed by atoms with Gasteiger partial charge in [0.15, 0.2) is 11.5 Å². The van der Waals surface area contributed by atoms with Crippen molar-refractivity contribution in [2.75, 3.05) is 35.9 Å². The molecule has 2 aliphatic heterocycles. The third-order valence-electron chi connectivity index (χ3n) is 12.8. The Labute approximate surface area is 354 Å². The molecule has 12 heteroatoms. The second-order valence-corrected chi connectivity index (χ2v) is 16.4. The highest BCUT2D eigenvalue weighted by atomic mass is 16.5. The van der Waals surface area contributed by atoms with Crippen LogP contribution in [0, 0.1) is 30.6 Å². The lowest BCUT2D eigenvalue weighted by atomic mass is 9.49. The smallest absolute Gasteiger partial charge is 0.260 e. The number of imide groups is 2. The highest BCUT2D eigenvalue weighted by Gasteiger charge is 2.70. The number of amides is 4. The third kappa shape index (κ3) is 6.44. The minimum atomic E-state index is -1.53. The first-order chi connectivity index (χ1) is 29.5. The number of carbonyl (C=O) groups is 4. The topological polar surface area (TPSA) is 144 Å². The van der Waals surface area contributed by atoms with Crippen molar-refractivity contribution >= 4 is 52.1 Å². The van der Waals surface area contributed by atoms with E-state index < -0.39 is 46.8 Å². The maximum atomic E-state index is 15.5. The molecule has 5 aromatic carbocycles. The van der Waals surface area contributed by atoms with Crippen LogP contribution in [-0.4, -0.2) is 54.4 Å². The molecule has 2 aliphatic carbocycles. The molecule has 2 heterocycles. The Morgan fingerprint density at radius 1 is 0.787 bits per heavy atom. The van der Waals surface area contributed by atoms with Crippen LogP contribution in [0.3, 0.4) is 0 Å². The minimum Gasteiger partial charge on any atom is -0.504 e. The number of anilines is 3. The Morgan fingerprint density at radius 3 is 2.11 bits per heavy atom. The van der Waals surface area contributed by atoms with Gasteiger partial charge in [0.25, 0.3) is 11.8 Å². The van der Waals surface area contributed by atoms with Crippen LogP contribution in [0.25, 0.3) is 0 Å². The second kappa shape index (κ2) is 15.5. The van der Waals surface area contributed by atoms with Gasteiger partial charge >= 0.3 is 0 Å². The van der Waals surface area contributed by atoms with E-state index in [0.717, 1.165) is 21.8 Å². The van der Waals surface area contributed by atoms with E-state index in [9.17, 15) is 14.7 Å². The van der Waals surface area contributed by atoms with Crippen LogP contribution in [0.2, 0.25) is 0 Å². The van der Waals surface area contributed by atoms with E-state index in [0.29, 0.717) is 33.9 Å². The maximum absolute atomic E-state index is 15.5. The molecule has 2 N–H and O–H groups in total. The van der Waals surface area contributed by atoms with Gasteiger partial charge < -0.3 is 14.7 Å². The molecule has 6 atom stereocenters. The summed E-state index contributed by atoms with van der Waals surface area (Å²) < 4.78 is 5.87. The second-order valence-electron chi connectivity index (χ2n) is 16.4. The molecule has 5 aromatic rings. The largest absolute Gasteiger partial charge is 0.504 e. The number of ether oxygens (including phenoxy) is 1. The van der Waals surface area contributed by atoms with Crippen LogP contribution in [0.4, 0.5) is 28.4 Å². The van der Waals surface area contributed by atoms with Crippen LogP contribution in [0.15, 0.2) is 143 Å². The standard InChI is InChI=1S/C49H46N6O6/c1-5-61-41-13-9-12-38(44(41)56)43-36-26-27-37-42(47(59)54(45(37)57)35-24-20-32(21-25-35)51-50-31-18-22-34(23-19-31)53(3)4)39(36)28-40-46(58)55(52-33-16-14-29(2)15-17-33)48(60)49(40,43)30-10-7-6-8-11-30/h6-26,37,39-40,42-43,52,56H,5,27-28H2,1-4H3/t37-,39+,40-,42-,43+,49+/m0/s1. The fourth-order valence-corrected chi connectivity index (χ4v) is 9.99. The Morgan fingerprint density at radius 2 is 1.46 bits per heavy atom. The summed E-state index contributed by atoms with van der Waals surface area (Å²) in [7, 11) is 3.93. The third-order valence-corrected chi connectivity index (χ3v) is 12.8. The highest BCUT2D eigenvalue weighted by molar-refractivity contribution is 6.22. The molecule has 0 spiro atoms. The van der Waals surface area contributed by atoms with Crippen molar-refractivity contribution in [2.24, 2.45) is 33.9 Å². The Bertz CT molecular complexity index is 2590. The predicted molar refractivity (Wildman–Crippen MR) is 232 cm³/mol. The molecule has 9 rings (SSSR count). The molecule has 3 fully saturated rings. The number of carbonyl (C=O) groups excluding carboxylic acids is 4. The number of hydrogen-bond acceptors (Lipinski definition) is 10. The van der Waals surface area contributed by atoms with E-state index >= 15 is 9.59 Å². The lowest BCUT2D eigenvalue weighted by Gasteiger charge is -2.50. The molecule has 308 valence electrons. The van der Waals surface area contributed by atoms with Crippen molar-refractivity contribution in [1.29, 1.82) is 0 Å². The lowest BCUT2D eigenvalue weighted by molar-refractivity contribution is -0.138. The number of nitrogens with one attached hydrogen (secondary N) is 1. The summed E-state index contributed by atoms with van der Waals surface area (Å²) >= 11 is 0. The number of hydrogen-bond donors (Lipinski definition) is 2. The normalized spacial score (nSPS) is 24.4. The van der Waals surface area contributed by atoms with Crippen LogP contribution in [0.1, 0.15) is 42.4 Å². The van der Waals surface area contributed by atoms with Crippen molar-refractivity contribution in [3.8, 4) is 11.5 Å². The molecule has 12 nitrogen and oxygen atoms in total. The number of nitrogens with zero attached hydrogens (tertiary/aromatic N) is 5. The van der Waals surface area contributed by atoms with Crippen molar-refractivity contribution in [1.82, 2.24) is 5.01 Å². The average Bonchev–Trinajstić information content (AvgIpc) is 3.65. The predicted octanol–water partition coefficient (Wildman–Crippen LogP) is 8.77. The summed E-state index contributed by atoms with van der Waals surface area (Å²) in [6, 6.07) is 36.3. The van der Waals surface area contributed by atoms with Crippen LogP contribution in [0.5, 0.6) is 11.5 Å². The lowest BCUT2D eigenvalue weighted by Crippen LogP contribution is -2.53. The van der Waals surface area contributed by atoms with Gasteiger partial charge in [0.05, 0.1) is 52.5 Å². The number of aryl methyl sites for hydroxylation is 1. The number of benzene rings is 5. The molecule has 0 unspecified atom stereocenters. The van der Waals surface area contributed by atoms with E-state index in [2.05, 4.69) is 15.7 Å². The number of fused-ring (bicyclic) bond motifs is 4. The minimum absolute atomic E-state index is 0.128.